The molecule has 0 unspecified atom stereocenters. The quantitative estimate of drug-likeness (QED) is 0.385. The first kappa shape index (κ1) is 7.11. The molecule has 4 heteroatoms. The van der Waals surface area contributed by atoms with Gasteiger partial charge in [0.25, 0.3) is 0 Å². The molecule has 0 aromatic carbocycles. The van der Waals surface area contributed by atoms with Gasteiger partial charge in [0, 0.05) is 0 Å². The van der Waals surface area contributed by atoms with Gasteiger partial charge in [0.15, 0.2) is 0 Å². The summed E-state index contributed by atoms with van der Waals surface area (Å²) in [6.07, 6.45) is -4.69. The van der Waals surface area contributed by atoms with Gasteiger partial charge in [-0.05, 0) is 0 Å². The van der Waals surface area contributed by atoms with Gasteiger partial charge >= 0.3 is 6.18 Å². The first-order valence-electron chi connectivity index (χ1n) is 1.64. The second-order valence-electron chi connectivity index (χ2n) is 1.02. The molecule has 0 fully saturated rings. The molecule has 8 heavy (non-hydrogen) atoms. The summed E-state index contributed by atoms with van der Waals surface area (Å²) in [5.74, 6) is -1.78. The molecule has 1 nitrogen and oxygen atoms in total. The molecule has 0 spiro atoms. The van der Waals surface area contributed by atoms with Crippen molar-refractivity contribution in [1.82, 2.24) is 0 Å². The van der Waals surface area contributed by atoms with E-state index in [0.717, 1.165) is 0 Å². The van der Waals surface area contributed by atoms with Crippen LogP contribution in [0.5, 0.6) is 0 Å². The summed E-state index contributed by atoms with van der Waals surface area (Å²) in [6.45, 7) is 2.60. The molecule has 0 saturated carbocycles. The lowest BCUT2D eigenvalue weighted by atomic mass is 10.5. The predicted octanol–water partition coefficient (Wildman–Crippen LogP) is 1.78. The summed E-state index contributed by atoms with van der Waals surface area (Å²) >= 11 is 0. The number of rotatable bonds is 0. The third-order valence-electron chi connectivity index (χ3n) is 0.436. The molecule has 0 saturated heterocycles. The van der Waals surface area contributed by atoms with Crippen LogP contribution in [0.4, 0.5) is 13.2 Å². The lowest BCUT2D eigenvalue weighted by Crippen LogP contribution is -2.09. The van der Waals surface area contributed by atoms with E-state index in [1.54, 1.807) is 0 Å². The number of allylic oxidation sites excluding steroid dienone is 1. The average molecular weight is 124 g/mol. The number of alkyl halides is 3. The minimum Gasteiger partial charge on any atom is -0.498 e. The van der Waals surface area contributed by atoms with Crippen molar-refractivity contribution in [2.45, 2.75) is 6.18 Å². The highest BCUT2D eigenvalue weighted by molar-refractivity contribution is 4.93. The predicted molar refractivity (Wildman–Crippen MR) is 21.3 cm³/mol. The van der Waals surface area contributed by atoms with Crippen LogP contribution in [0, 0.1) is 0 Å². The lowest BCUT2D eigenvalue weighted by molar-refractivity contribution is -0.120. The van der Waals surface area contributed by atoms with Crippen LogP contribution in [-0.4, -0.2) is 11.3 Å². The molecule has 0 atom stereocenters. The van der Waals surface area contributed by atoms with Crippen LogP contribution in [0.1, 0.15) is 0 Å². The minimum atomic E-state index is -4.69. The van der Waals surface area contributed by atoms with Crippen LogP contribution in [0.3, 0.4) is 0 Å². The Bertz CT molecular complexity index is 129. The molecular formula is C4H3F3O. The first-order chi connectivity index (χ1) is 3.48. The van der Waals surface area contributed by atoms with Gasteiger partial charge in [-0.3, -0.25) is 0 Å². The van der Waals surface area contributed by atoms with E-state index in [0.29, 0.717) is 0 Å². The summed E-state index contributed by atoms with van der Waals surface area (Å²) in [5, 5.41) is 7.81. The Morgan fingerprint density at radius 2 is 1.88 bits per heavy atom. The molecule has 0 bridgehead atoms. The Balaban J connectivity index is 4.26. The Labute approximate surface area is 43.7 Å². The van der Waals surface area contributed by atoms with Gasteiger partial charge in [0.05, 0.1) is 0 Å². The molecule has 1 N–H and O–H groups in total. The molecule has 0 aliphatic rings. The standard InChI is InChI=1S/C4H3F3O/c1-2-3(8)4(5,6)7/h8H,1H2. The zero-order chi connectivity index (χ0) is 6.78. The fourth-order valence-corrected chi connectivity index (χ4v) is 0.100. The second-order valence-corrected chi connectivity index (χ2v) is 1.02. The van der Waals surface area contributed by atoms with Gasteiger partial charge in [-0.2, -0.15) is 13.2 Å². The van der Waals surface area contributed by atoms with Crippen molar-refractivity contribution in [3.8, 4) is 0 Å². The summed E-state index contributed by atoms with van der Waals surface area (Å²) in [6, 6.07) is 0. The van der Waals surface area contributed by atoms with Gasteiger partial charge in [-0.1, -0.05) is 12.3 Å². The molecule has 0 amide bonds. The van der Waals surface area contributed by atoms with Crippen molar-refractivity contribution in [3.63, 3.8) is 0 Å². The smallest absolute Gasteiger partial charge is 0.456 e. The largest absolute Gasteiger partial charge is 0.498 e. The van der Waals surface area contributed by atoms with Crippen LogP contribution in [0.25, 0.3) is 0 Å². The van der Waals surface area contributed by atoms with Crippen LogP contribution in [0.15, 0.2) is 18.1 Å². The number of hydrogen-bond acceptors (Lipinski definition) is 1. The maximum atomic E-state index is 11.1. The minimum absolute atomic E-state index is 1.30. The van der Waals surface area contributed by atoms with Crippen molar-refractivity contribution in [2.24, 2.45) is 0 Å². The van der Waals surface area contributed by atoms with E-state index in [-0.39, 0.29) is 0 Å². The normalized spacial score (nSPS) is 10.4. The van der Waals surface area contributed by atoms with E-state index in [1.807, 2.05) is 0 Å². The third-order valence-corrected chi connectivity index (χ3v) is 0.436. The topological polar surface area (TPSA) is 20.2 Å². The van der Waals surface area contributed by atoms with Gasteiger partial charge in [0.2, 0.25) is 5.76 Å². The van der Waals surface area contributed by atoms with Gasteiger partial charge in [-0.15, -0.1) is 0 Å². The van der Waals surface area contributed by atoms with Gasteiger partial charge < -0.3 is 5.11 Å². The maximum absolute atomic E-state index is 11.1. The van der Waals surface area contributed by atoms with Gasteiger partial charge in [0.1, 0.15) is 0 Å². The van der Waals surface area contributed by atoms with Crippen molar-refractivity contribution in [3.05, 3.63) is 18.1 Å². The van der Waals surface area contributed by atoms with E-state index < -0.39 is 11.9 Å². The molecule has 0 radical (unpaired) electrons. The second kappa shape index (κ2) is 1.92. The summed E-state index contributed by atoms with van der Waals surface area (Å²) < 4.78 is 33.2. The molecule has 0 aliphatic heterocycles. The van der Waals surface area contributed by atoms with E-state index >= 15 is 0 Å². The molecule has 0 aromatic heterocycles. The molecule has 0 aliphatic carbocycles. The Morgan fingerprint density at radius 1 is 1.50 bits per heavy atom. The number of hydrogen-bond donors (Lipinski definition) is 1. The Hall–Kier alpha value is -0.890. The van der Waals surface area contributed by atoms with Crippen LogP contribution in [0.2, 0.25) is 0 Å². The lowest BCUT2D eigenvalue weighted by Gasteiger charge is -1.99. The summed E-state index contributed by atoms with van der Waals surface area (Å²) in [7, 11) is 0. The summed E-state index contributed by atoms with van der Waals surface area (Å²) in [4.78, 5) is 0. The summed E-state index contributed by atoms with van der Waals surface area (Å²) in [5.41, 5.74) is 1.30. The van der Waals surface area contributed by atoms with Crippen molar-refractivity contribution < 1.29 is 18.3 Å². The molecule has 0 rings (SSSR count). The highest BCUT2D eigenvalue weighted by Gasteiger charge is 2.33. The zero-order valence-corrected chi connectivity index (χ0v) is 3.79. The van der Waals surface area contributed by atoms with E-state index in [4.69, 9.17) is 5.11 Å². The van der Waals surface area contributed by atoms with Crippen molar-refractivity contribution in [1.29, 1.82) is 0 Å². The Morgan fingerprint density at radius 3 is 1.88 bits per heavy atom. The highest BCUT2D eigenvalue weighted by atomic mass is 19.4. The van der Waals surface area contributed by atoms with Crippen LogP contribution < -0.4 is 0 Å². The monoisotopic (exact) mass is 124 g/mol. The molecule has 0 heterocycles. The SMILES string of the molecule is C=C=C(O)C(F)(F)F. The van der Waals surface area contributed by atoms with E-state index in [1.165, 1.54) is 5.73 Å². The Kier molecular flexibility index (Phi) is 1.71. The zero-order valence-electron chi connectivity index (χ0n) is 3.79. The van der Waals surface area contributed by atoms with Crippen LogP contribution >= 0.6 is 0 Å². The number of aliphatic hydroxyl groups is 1. The fourth-order valence-electron chi connectivity index (χ4n) is 0.100. The number of aliphatic hydroxyl groups excluding tert-OH is 1. The third kappa shape index (κ3) is 1.71. The molecular weight excluding hydrogens is 121 g/mol. The average Bonchev–Trinajstić information content (AvgIpc) is 1.62. The van der Waals surface area contributed by atoms with Crippen molar-refractivity contribution >= 4 is 0 Å². The first-order valence-corrected chi connectivity index (χ1v) is 1.64. The number of halogens is 3. The van der Waals surface area contributed by atoms with Gasteiger partial charge in [-0.25, -0.2) is 0 Å². The van der Waals surface area contributed by atoms with Crippen LogP contribution in [-0.2, 0) is 0 Å². The van der Waals surface area contributed by atoms with E-state index in [9.17, 15) is 13.2 Å². The highest BCUT2D eigenvalue weighted by Crippen LogP contribution is 2.21. The van der Waals surface area contributed by atoms with Crippen molar-refractivity contribution in [2.75, 3.05) is 0 Å². The fraction of sp³-hybridized carbons (Fsp3) is 0.250. The molecule has 46 valence electrons. The van der Waals surface area contributed by atoms with E-state index in [2.05, 4.69) is 6.58 Å². The molecule has 0 aromatic rings. The maximum Gasteiger partial charge on any atom is 0.456 e.